The Morgan fingerprint density at radius 3 is 1.95 bits per heavy atom. The zero-order valence-electron chi connectivity index (χ0n) is 24.4. The van der Waals surface area contributed by atoms with Gasteiger partial charge in [-0.3, -0.25) is 28.8 Å². The van der Waals surface area contributed by atoms with E-state index in [2.05, 4.69) is 21.3 Å². The van der Waals surface area contributed by atoms with Crippen LogP contribution >= 0.6 is 0 Å². The van der Waals surface area contributed by atoms with Crippen LogP contribution in [0.3, 0.4) is 0 Å². The molecule has 5 amide bonds. The number of hydrogen-bond acceptors (Lipinski definition) is 8. The van der Waals surface area contributed by atoms with Gasteiger partial charge in [0.2, 0.25) is 29.5 Å². The van der Waals surface area contributed by atoms with Crippen LogP contribution in [-0.2, 0) is 40.0 Å². The van der Waals surface area contributed by atoms with Crippen molar-refractivity contribution in [2.45, 2.75) is 89.1 Å². The second kappa shape index (κ2) is 16.2. The Morgan fingerprint density at radius 1 is 0.837 bits per heavy atom. The van der Waals surface area contributed by atoms with Crippen molar-refractivity contribution in [2.24, 2.45) is 5.73 Å². The quantitative estimate of drug-likeness (QED) is 0.122. The number of carboxylic acid groups (broad SMARTS) is 2. The smallest absolute Gasteiger partial charge is 0.326 e. The molecule has 1 aromatic rings. The number of nitrogens with zero attached hydrogens (tertiary/aromatic N) is 1. The van der Waals surface area contributed by atoms with E-state index in [4.69, 9.17) is 10.8 Å². The number of benzene rings is 1. The van der Waals surface area contributed by atoms with E-state index in [1.807, 2.05) is 0 Å². The summed E-state index contributed by atoms with van der Waals surface area (Å²) in [6, 6.07) is 2.20. The monoisotopic (exact) mass is 604 g/mol. The Morgan fingerprint density at radius 2 is 1.40 bits per heavy atom. The van der Waals surface area contributed by atoms with Crippen molar-refractivity contribution in [2.75, 3.05) is 6.54 Å². The number of likely N-dealkylation sites (tertiary alicyclic amines) is 1. The number of carbonyl (C=O) groups is 7. The maximum Gasteiger partial charge on any atom is 0.326 e. The van der Waals surface area contributed by atoms with Gasteiger partial charge in [0.05, 0.1) is 6.04 Å². The number of amides is 5. The van der Waals surface area contributed by atoms with Crippen LogP contribution in [0, 0.1) is 0 Å². The highest BCUT2D eigenvalue weighted by Gasteiger charge is 2.36. The van der Waals surface area contributed by atoms with Gasteiger partial charge in [-0.2, -0.15) is 0 Å². The highest BCUT2D eigenvalue weighted by atomic mass is 16.4. The standard InChI is InChI=1S/C28H40N6O9/c1-15(24(38)32-17(3)27(41)34-13-7-10-21(34)28(42)43)30-23(37)16(2)31-26(40)20(14-18-8-5-4-6-9-18)33-25(39)19(29)11-12-22(35)36/h4-6,8-9,15-17,19-21H,7,10-14,29H2,1-3H3,(H,30,37)(H,31,40)(H,32,38)(H,33,39)(H,35,36)(H,42,43)/t15-,16-,17-,19-,20-,21-/m0/s1. The van der Waals surface area contributed by atoms with Crippen LogP contribution < -0.4 is 27.0 Å². The first-order valence-electron chi connectivity index (χ1n) is 14.0. The maximum atomic E-state index is 13.1. The minimum Gasteiger partial charge on any atom is -0.481 e. The van der Waals surface area contributed by atoms with Gasteiger partial charge in [-0.1, -0.05) is 30.3 Å². The van der Waals surface area contributed by atoms with Crippen molar-refractivity contribution >= 4 is 41.5 Å². The lowest BCUT2D eigenvalue weighted by molar-refractivity contribution is -0.149. The third-order valence-electron chi connectivity index (χ3n) is 6.98. The van der Waals surface area contributed by atoms with Crippen molar-refractivity contribution in [1.82, 2.24) is 26.2 Å². The Balaban J connectivity index is 1.97. The molecule has 15 nitrogen and oxygen atoms in total. The Bertz CT molecular complexity index is 1190. The van der Waals surface area contributed by atoms with E-state index in [0.717, 1.165) is 0 Å². The molecule has 2 rings (SSSR count). The van der Waals surface area contributed by atoms with E-state index in [1.165, 1.54) is 25.7 Å². The van der Waals surface area contributed by atoms with Crippen molar-refractivity contribution in [1.29, 1.82) is 0 Å². The van der Waals surface area contributed by atoms with E-state index in [9.17, 15) is 38.7 Å². The van der Waals surface area contributed by atoms with Crippen molar-refractivity contribution in [3.8, 4) is 0 Å². The largest absolute Gasteiger partial charge is 0.481 e. The second-order valence-electron chi connectivity index (χ2n) is 10.5. The van der Waals surface area contributed by atoms with Crippen LogP contribution in [0.5, 0.6) is 0 Å². The minimum absolute atomic E-state index is 0.0584. The molecule has 0 saturated carbocycles. The van der Waals surface area contributed by atoms with Gasteiger partial charge >= 0.3 is 11.9 Å². The lowest BCUT2D eigenvalue weighted by Gasteiger charge is -2.26. The van der Waals surface area contributed by atoms with Gasteiger partial charge in [-0.25, -0.2) is 4.79 Å². The van der Waals surface area contributed by atoms with Gasteiger partial charge in [-0.15, -0.1) is 0 Å². The molecule has 1 aliphatic rings. The van der Waals surface area contributed by atoms with E-state index >= 15 is 0 Å². The minimum atomic E-state index is -1.17. The highest BCUT2D eigenvalue weighted by molar-refractivity contribution is 5.96. The van der Waals surface area contributed by atoms with Gasteiger partial charge in [-0.05, 0) is 45.6 Å². The molecule has 1 heterocycles. The fourth-order valence-electron chi connectivity index (χ4n) is 4.47. The number of nitrogens with two attached hydrogens (primary N) is 1. The Hall–Kier alpha value is -4.53. The van der Waals surface area contributed by atoms with Crippen molar-refractivity contribution in [3.05, 3.63) is 35.9 Å². The third kappa shape index (κ3) is 10.7. The SMILES string of the molecule is C[C@H](NC(=O)[C@H](C)NC(=O)[C@H](Cc1ccccc1)NC(=O)[C@@H](N)CCC(=O)O)C(=O)N[C@@H](C)C(=O)N1CCC[C@H]1C(=O)O. The number of carbonyl (C=O) groups excluding carboxylic acids is 5. The number of rotatable bonds is 15. The predicted molar refractivity (Wildman–Crippen MR) is 152 cm³/mol. The van der Waals surface area contributed by atoms with Gasteiger partial charge < -0.3 is 42.1 Å². The highest BCUT2D eigenvalue weighted by Crippen LogP contribution is 2.18. The van der Waals surface area contributed by atoms with Crippen LogP contribution in [-0.4, -0.2) is 99.4 Å². The van der Waals surface area contributed by atoms with Crippen LogP contribution in [0.1, 0.15) is 52.0 Å². The fourth-order valence-corrected chi connectivity index (χ4v) is 4.47. The van der Waals surface area contributed by atoms with Crippen molar-refractivity contribution in [3.63, 3.8) is 0 Å². The van der Waals surface area contributed by atoms with Crippen LogP contribution in [0.4, 0.5) is 0 Å². The summed E-state index contributed by atoms with van der Waals surface area (Å²) in [4.78, 5) is 87.3. The van der Waals surface area contributed by atoms with E-state index in [-0.39, 0.29) is 25.8 Å². The summed E-state index contributed by atoms with van der Waals surface area (Å²) in [5.41, 5.74) is 6.49. The van der Waals surface area contributed by atoms with Crippen LogP contribution in [0.15, 0.2) is 30.3 Å². The summed E-state index contributed by atoms with van der Waals surface area (Å²) in [5, 5.41) is 28.1. The van der Waals surface area contributed by atoms with Crippen LogP contribution in [0.2, 0.25) is 0 Å². The maximum absolute atomic E-state index is 13.1. The predicted octanol–water partition coefficient (Wildman–Crippen LogP) is -1.50. The lowest BCUT2D eigenvalue weighted by Crippen LogP contribution is -2.58. The second-order valence-corrected chi connectivity index (χ2v) is 10.5. The molecule has 15 heteroatoms. The summed E-state index contributed by atoms with van der Waals surface area (Å²) in [7, 11) is 0. The summed E-state index contributed by atoms with van der Waals surface area (Å²) < 4.78 is 0. The summed E-state index contributed by atoms with van der Waals surface area (Å²) >= 11 is 0. The molecule has 1 saturated heterocycles. The third-order valence-corrected chi connectivity index (χ3v) is 6.98. The molecule has 236 valence electrons. The fraction of sp³-hybridized carbons (Fsp3) is 0.536. The summed E-state index contributed by atoms with van der Waals surface area (Å²) in [6.07, 6.45) is 0.449. The summed E-state index contributed by atoms with van der Waals surface area (Å²) in [6.45, 7) is 4.44. The number of hydrogen-bond donors (Lipinski definition) is 7. The molecule has 0 unspecified atom stereocenters. The molecule has 1 aromatic carbocycles. The first kappa shape index (κ1) is 34.7. The topological polar surface area (TPSA) is 237 Å². The van der Waals surface area contributed by atoms with E-state index < -0.39 is 77.7 Å². The average Bonchev–Trinajstić information content (AvgIpc) is 3.45. The zero-order chi connectivity index (χ0) is 32.3. The molecule has 1 aliphatic heterocycles. The Labute approximate surface area is 248 Å². The normalized spacial score (nSPS) is 17.9. The van der Waals surface area contributed by atoms with Gasteiger partial charge in [0.25, 0.3) is 0 Å². The number of aliphatic carboxylic acids is 2. The first-order valence-corrected chi connectivity index (χ1v) is 14.0. The molecule has 43 heavy (non-hydrogen) atoms. The summed E-state index contributed by atoms with van der Waals surface area (Å²) in [5.74, 6) is -5.64. The van der Waals surface area contributed by atoms with Crippen molar-refractivity contribution < 1.29 is 43.8 Å². The number of carboxylic acids is 2. The average molecular weight is 605 g/mol. The van der Waals surface area contributed by atoms with Gasteiger partial charge in [0.15, 0.2) is 0 Å². The molecule has 0 aromatic heterocycles. The molecule has 0 radical (unpaired) electrons. The number of nitrogens with one attached hydrogen (secondary N) is 4. The molecular weight excluding hydrogens is 564 g/mol. The van der Waals surface area contributed by atoms with Gasteiger partial charge in [0.1, 0.15) is 30.2 Å². The zero-order valence-corrected chi connectivity index (χ0v) is 24.4. The molecule has 8 N–H and O–H groups in total. The van der Waals surface area contributed by atoms with E-state index in [0.29, 0.717) is 18.4 Å². The molecular formula is C28H40N6O9. The molecule has 6 atom stereocenters. The van der Waals surface area contributed by atoms with Gasteiger partial charge in [0, 0.05) is 19.4 Å². The Kier molecular flexibility index (Phi) is 13.1. The molecule has 1 fully saturated rings. The molecule has 0 bridgehead atoms. The first-order chi connectivity index (χ1) is 20.2. The molecule has 0 aliphatic carbocycles. The lowest BCUT2D eigenvalue weighted by atomic mass is 10.0. The molecule has 0 spiro atoms. The van der Waals surface area contributed by atoms with E-state index in [1.54, 1.807) is 30.3 Å². The van der Waals surface area contributed by atoms with Crippen LogP contribution in [0.25, 0.3) is 0 Å².